The van der Waals surface area contributed by atoms with Crippen LogP contribution in [-0.4, -0.2) is 19.5 Å². The van der Waals surface area contributed by atoms with Crippen molar-refractivity contribution < 1.29 is 0 Å². The second kappa shape index (κ2) is 4.01. The minimum absolute atomic E-state index is 0.0380. The van der Waals surface area contributed by atoms with Gasteiger partial charge in [0.1, 0.15) is 0 Å². The molecule has 0 radical (unpaired) electrons. The van der Waals surface area contributed by atoms with Crippen LogP contribution in [0.15, 0.2) is 9.59 Å². The summed E-state index contributed by atoms with van der Waals surface area (Å²) in [4.78, 5) is 32.7. The Balaban J connectivity index is 2.24. The first-order chi connectivity index (χ1) is 8.66. The van der Waals surface area contributed by atoms with E-state index in [2.05, 4.69) is 15.0 Å². The quantitative estimate of drug-likeness (QED) is 0.683. The largest absolute Gasteiger partial charge is 0.369 e. The van der Waals surface area contributed by atoms with E-state index in [4.69, 9.17) is 5.73 Å². The molecule has 1 aliphatic rings. The number of H-pyrrole nitrogens is 2. The van der Waals surface area contributed by atoms with Gasteiger partial charge in [-0.3, -0.25) is 19.3 Å². The molecule has 0 aliphatic heterocycles. The van der Waals surface area contributed by atoms with Crippen LogP contribution in [0.1, 0.15) is 38.1 Å². The Morgan fingerprint density at radius 2 is 1.89 bits per heavy atom. The number of aromatic amines is 2. The Labute approximate surface area is 102 Å². The highest BCUT2D eigenvalue weighted by molar-refractivity contribution is 5.70. The van der Waals surface area contributed by atoms with Gasteiger partial charge in [-0.2, -0.15) is 4.98 Å². The molecule has 0 saturated heterocycles. The number of nitrogen functional groups attached to an aromatic ring is 1. The highest BCUT2D eigenvalue weighted by atomic mass is 16.2. The Morgan fingerprint density at radius 1 is 1.17 bits per heavy atom. The van der Waals surface area contributed by atoms with Crippen molar-refractivity contribution in [1.82, 2.24) is 19.5 Å². The third-order valence-corrected chi connectivity index (χ3v) is 3.54. The fourth-order valence-corrected chi connectivity index (χ4v) is 2.71. The van der Waals surface area contributed by atoms with Crippen LogP contribution in [0.5, 0.6) is 0 Å². The summed E-state index contributed by atoms with van der Waals surface area (Å²) in [7, 11) is 0. The first-order valence-corrected chi connectivity index (χ1v) is 6.17. The van der Waals surface area contributed by atoms with Gasteiger partial charge in [0.2, 0.25) is 5.95 Å². The van der Waals surface area contributed by atoms with Gasteiger partial charge in [0.25, 0.3) is 5.56 Å². The number of aromatic nitrogens is 4. The van der Waals surface area contributed by atoms with E-state index < -0.39 is 5.56 Å². The number of nitrogens with zero attached hydrogens (tertiary/aromatic N) is 2. The van der Waals surface area contributed by atoms with Crippen molar-refractivity contribution in [2.75, 3.05) is 5.73 Å². The standard InChI is InChI=1S/C11H15N5O2/c12-10-14-8-7(9(17)15-10)13-11(18)16(8)6-4-2-1-3-5-6/h6H,1-5H2,(H,13,18)(H3,12,14,15,17). The topological polar surface area (TPSA) is 110 Å². The van der Waals surface area contributed by atoms with Gasteiger partial charge in [-0.15, -0.1) is 0 Å². The summed E-state index contributed by atoms with van der Waals surface area (Å²) in [5, 5.41) is 0. The van der Waals surface area contributed by atoms with E-state index in [0.717, 1.165) is 25.7 Å². The second-order valence-corrected chi connectivity index (χ2v) is 4.74. The highest BCUT2D eigenvalue weighted by Crippen LogP contribution is 2.28. The SMILES string of the molecule is Nc1nc2c([nH]c(=O)n2C2CCCCC2)c(=O)[nH]1. The van der Waals surface area contributed by atoms with Crippen molar-refractivity contribution in [2.45, 2.75) is 38.1 Å². The molecule has 0 aromatic carbocycles. The van der Waals surface area contributed by atoms with Crippen molar-refractivity contribution >= 4 is 17.1 Å². The molecule has 7 heteroatoms. The molecule has 18 heavy (non-hydrogen) atoms. The van der Waals surface area contributed by atoms with Gasteiger partial charge >= 0.3 is 5.69 Å². The van der Waals surface area contributed by atoms with Gasteiger partial charge in [-0.25, -0.2) is 4.79 Å². The van der Waals surface area contributed by atoms with Gasteiger partial charge in [0, 0.05) is 6.04 Å². The fraction of sp³-hybridized carbons (Fsp3) is 0.545. The Kier molecular flexibility index (Phi) is 2.46. The van der Waals surface area contributed by atoms with E-state index in [-0.39, 0.29) is 23.2 Å². The fourth-order valence-electron chi connectivity index (χ4n) is 2.71. The predicted molar refractivity (Wildman–Crippen MR) is 67.5 cm³/mol. The zero-order valence-corrected chi connectivity index (χ0v) is 9.90. The predicted octanol–water partition coefficient (Wildman–Crippen LogP) is 0.500. The molecule has 1 aliphatic carbocycles. The number of anilines is 1. The van der Waals surface area contributed by atoms with Gasteiger partial charge < -0.3 is 5.73 Å². The smallest absolute Gasteiger partial charge is 0.328 e. The molecular weight excluding hydrogens is 234 g/mol. The lowest BCUT2D eigenvalue weighted by molar-refractivity contribution is 0.352. The number of imidazole rings is 1. The van der Waals surface area contributed by atoms with E-state index in [9.17, 15) is 9.59 Å². The van der Waals surface area contributed by atoms with Crippen molar-refractivity contribution in [3.05, 3.63) is 20.8 Å². The molecule has 2 heterocycles. The highest BCUT2D eigenvalue weighted by Gasteiger charge is 2.21. The molecular formula is C11H15N5O2. The first-order valence-electron chi connectivity index (χ1n) is 6.17. The number of nitrogens with one attached hydrogen (secondary N) is 2. The lowest BCUT2D eigenvalue weighted by atomic mass is 9.95. The molecule has 1 fully saturated rings. The van der Waals surface area contributed by atoms with Crippen molar-refractivity contribution in [3.8, 4) is 0 Å². The molecule has 0 atom stereocenters. The number of fused-ring (bicyclic) bond motifs is 1. The van der Waals surface area contributed by atoms with Crippen LogP contribution in [0, 0.1) is 0 Å². The van der Waals surface area contributed by atoms with Crippen LogP contribution >= 0.6 is 0 Å². The van der Waals surface area contributed by atoms with Crippen LogP contribution in [0.4, 0.5) is 5.95 Å². The lowest BCUT2D eigenvalue weighted by Crippen LogP contribution is -2.24. The zero-order chi connectivity index (χ0) is 12.7. The van der Waals surface area contributed by atoms with E-state index in [1.807, 2.05) is 0 Å². The van der Waals surface area contributed by atoms with Crippen LogP contribution in [-0.2, 0) is 0 Å². The molecule has 7 nitrogen and oxygen atoms in total. The van der Waals surface area contributed by atoms with Gasteiger partial charge in [0.05, 0.1) is 0 Å². The van der Waals surface area contributed by atoms with Crippen molar-refractivity contribution in [1.29, 1.82) is 0 Å². The minimum atomic E-state index is -0.399. The molecule has 4 N–H and O–H groups in total. The van der Waals surface area contributed by atoms with Crippen LogP contribution in [0.3, 0.4) is 0 Å². The van der Waals surface area contributed by atoms with Crippen molar-refractivity contribution in [2.24, 2.45) is 0 Å². The third kappa shape index (κ3) is 1.62. The third-order valence-electron chi connectivity index (χ3n) is 3.54. The summed E-state index contributed by atoms with van der Waals surface area (Å²) in [6.07, 6.45) is 5.29. The molecule has 0 unspecified atom stereocenters. The maximum atomic E-state index is 12.0. The molecule has 3 rings (SSSR count). The monoisotopic (exact) mass is 249 g/mol. The molecule has 2 aromatic heterocycles. The van der Waals surface area contributed by atoms with E-state index in [0.29, 0.717) is 5.65 Å². The normalized spacial score (nSPS) is 17.3. The number of rotatable bonds is 1. The molecule has 0 spiro atoms. The average Bonchev–Trinajstić information content (AvgIpc) is 2.67. The summed E-state index contributed by atoms with van der Waals surface area (Å²) in [5.41, 5.74) is 5.44. The summed E-state index contributed by atoms with van der Waals surface area (Å²) < 4.78 is 1.58. The summed E-state index contributed by atoms with van der Waals surface area (Å²) >= 11 is 0. The van der Waals surface area contributed by atoms with Crippen LogP contribution < -0.4 is 17.0 Å². The number of hydrogen-bond donors (Lipinski definition) is 3. The molecule has 2 aromatic rings. The molecule has 0 bridgehead atoms. The molecule has 96 valence electrons. The maximum absolute atomic E-state index is 12.0. The summed E-state index contributed by atoms with van der Waals surface area (Å²) in [5.74, 6) is 0.0380. The zero-order valence-electron chi connectivity index (χ0n) is 9.90. The average molecular weight is 249 g/mol. The lowest BCUT2D eigenvalue weighted by Gasteiger charge is -2.22. The van der Waals surface area contributed by atoms with E-state index in [1.165, 1.54) is 6.42 Å². The first kappa shape index (κ1) is 11.1. The molecule has 1 saturated carbocycles. The van der Waals surface area contributed by atoms with Gasteiger partial charge in [-0.05, 0) is 12.8 Å². The number of nitrogens with two attached hydrogens (primary N) is 1. The summed E-state index contributed by atoms with van der Waals surface area (Å²) in [6, 6.07) is 0.119. The van der Waals surface area contributed by atoms with Gasteiger partial charge in [0.15, 0.2) is 11.2 Å². The molecule has 0 amide bonds. The Morgan fingerprint density at radius 3 is 2.61 bits per heavy atom. The Hall–Kier alpha value is -2.05. The van der Waals surface area contributed by atoms with Crippen LogP contribution in [0.2, 0.25) is 0 Å². The van der Waals surface area contributed by atoms with E-state index in [1.54, 1.807) is 4.57 Å². The van der Waals surface area contributed by atoms with Crippen LogP contribution in [0.25, 0.3) is 11.2 Å². The maximum Gasteiger partial charge on any atom is 0.328 e. The Bertz CT molecular complexity index is 690. The second-order valence-electron chi connectivity index (χ2n) is 4.74. The summed E-state index contributed by atoms with van der Waals surface area (Å²) in [6.45, 7) is 0. The van der Waals surface area contributed by atoms with Gasteiger partial charge in [-0.1, -0.05) is 19.3 Å². The van der Waals surface area contributed by atoms with E-state index >= 15 is 0 Å². The number of hydrogen-bond acceptors (Lipinski definition) is 4. The minimum Gasteiger partial charge on any atom is -0.369 e. The van der Waals surface area contributed by atoms with Crippen molar-refractivity contribution in [3.63, 3.8) is 0 Å².